The van der Waals surface area contributed by atoms with Crippen LogP contribution in [-0.2, 0) is 14.3 Å². The first-order valence-corrected chi connectivity index (χ1v) is 7.50. The fraction of sp³-hybridized carbons (Fsp3) is 0.375. The highest BCUT2D eigenvalue weighted by atomic mass is 16.6. The minimum Gasteiger partial charge on any atom is -0.393 e. The number of rotatable bonds is 3. The summed E-state index contributed by atoms with van der Waals surface area (Å²) < 4.78 is 5.66. The van der Waals surface area contributed by atoms with Gasteiger partial charge in [-0.15, -0.1) is 0 Å². The van der Waals surface area contributed by atoms with Crippen LogP contribution in [0.5, 0.6) is 0 Å². The van der Waals surface area contributed by atoms with Crippen LogP contribution in [-0.4, -0.2) is 40.2 Å². The third kappa shape index (κ3) is 1.69. The molecule has 1 aromatic rings. The summed E-state index contributed by atoms with van der Waals surface area (Å²) >= 11 is 0. The second kappa shape index (κ2) is 4.71. The van der Waals surface area contributed by atoms with Gasteiger partial charge in [-0.3, -0.25) is 19.7 Å². The number of fused-ring (bicyclic) bond motifs is 5. The maximum Gasteiger partial charge on any atom is 0.271 e. The molecule has 24 heavy (non-hydrogen) atoms. The molecule has 4 atom stereocenters. The molecule has 2 bridgehead atoms. The summed E-state index contributed by atoms with van der Waals surface area (Å²) in [6, 6.07) is 4.07. The lowest BCUT2D eigenvalue weighted by Gasteiger charge is -2.26. The normalized spacial score (nSPS) is 33.4. The molecular formula is C16H14N2O6. The average Bonchev–Trinajstić information content (AvgIpc) is 3.19. The van der Waals surface area contributed by atoms with Crippen LogP contribution in [0.15, 0.2) is 30.4 Å². The van der Waals surface area contributed by atoms with Crippen molar-refractivity contribution in [1.82, 2.24) is 0 Å². The third-order valence-electron chi connectivity index (χ3n) is 5.05. The first-order valence-electron chi connectivity index (χ1n) is 7.50. The molecule has 4 rings (SSSR count). The summed E-state index contributed by atoms with van der Waals surface area (Å²) in [6.45, 7) is 1.28. The van der Waals surface area contributed by atoms with Gasteiger partial charge >= 0.3 is 0 Å². The molecule has 0 spiro atoms. The van der Waals surface area contributed by atoms with Crippen LogP contribution < -0.4 is 4.90 Å². The Labute approximate surface area is 136 Å². The van der Waals surface area contributed by atoms with Crippen molar-refractivity contribution in [2.45, 2.75) is 18.6 Å². The number of hydrogen-bond donors (Lipinski definition) is 1. The molecule has 0 saturated carbocycles. The molecule has 3 heterocycles. The van der Waals surface area contributed by atoms with Crippen molar-refractivity contribution in [3.05, 3.63) is 46.0 Å². The lowest BCUT2D eigenvalue weighted by molar-refractivity contribution is -0.384. The smallest absolute Gasteiger partial charge is 0.271 e. The number of nitro benzene ring substituents is 1. The summed E-state index contributed by atoms with van der Waals surface area (Å²) in [7, 11) is 0. The Morgan fingerprint density at radius 1 is 1.38 bits per heavy atom. The number of amides is 2. The Morgan fingerprint density at radius 3 is 2.79 bits per heavy atom. The van der Waals surface area contributed by atoms with Crippen LogP contribution >= 0.6 is 0 Å². The number of aliphatic hydroxyl groups is 1. The van der Waals surface area contributed by atoms with Gasteiger partial charge in [0, 0.05) is 12.1 Å². The predicted octanol–water partition coefficient (Wildman–Crippen LogP) is 0.709. The van der Waals surface area contributed by atoms with Gasteiger partial charge in [0.05, 0.1) is 35.2 Å². The number of carbonyl (C=O) groups is 2. The van der Waals surface area contributed by atoms with E-state index in [2.05, 4.69) is 0 Å². The zero-order chi connectivity index (χ0) is 17.2. The zero-order valence-corrected chi connectivity index (χ0v) is 12.7. The maximum absolute atomic E-state index is 12.9. The molecule has 0 aromatic heterocycles. The van der Waals surface area contributed by atoms with Crippen molar-refractivity contribution >= 4 is 23.2 Å². The fourth-order valence-electron chi connectivity index (χ4n) is 3.87. The third-order valence-corrected chi connectivity index (χ3v) is 5.05. The van der Waals surface area contributed by atoms with E-state index >= 15 is 0 Å². The van der Waals surface area contributed by atoms with Gasteiger partial charge in [0.25, 0.3) is 5.69 Å². The Balaban J connectivity index is 1.80. The number of hydrogen-bond acceptors (Lipinski definition) is 6. The number of aryl methyl sites for hydroxylation is 1. The molecule has 0 aliphatic carbocycles. The van der Waals surface area contributed by atoms with E-state index < -0.39 is 46.9 Å². The molecule has 0 unspecified atom stereocenters. The van der Waals surface area contributed by atoms with Gasteiger partial charge in [0.1, 0.15) is 5.60 Å². The Kier molecular flexibility index (Phi) is 2.94. The highest BCUT2D eigenvalue weighted by molar-refractivity contribution is 6.23. The molecule has 2 saturated heterocycles. The summed E-state index contributed by atoms with van der Waals surface area (Å²) in [5, 5.41) is 20.7. The van der Waals surface area contributed by atoms with Crippen molar-refractivity contribution in [2.75, 3.05) is 11.5 Å². The van der Waals surface area contributed by atoms with E-state index in [1.54, 1.807) is 19.1 Å². The Bertz CT molecular complexity index is 819. The number of nitro groups is 1. The first-order chi connectivity index (χ1) is 11.4. The van der Waals surface area contributed by atoms with Gasteiger partial charge in [-0.2, -0.15) is 0 Å². The van der Waals surface area contributed by atoms with E-state index in [-0.39, 0.29) is 11.4 Å². The summed E-state index contributed by atoms with van der Waals surface area (Å²) in [6.07, 6.45) is 2.77. The average molecular weight is 330 g/mol. The summed E-state index contributed by atoms with van der Waals surface area (Å²) in [4.78, 5) is 37.2. The van der Waals surface area contributed by atoms with Gasteiger partial charge in [-0.05, 0) is 12.5 Å². The number of imide groups is 1. The number of non-ortho nitro benzene ring substituents is 1. The second-order valence-electron chi connectivity index (χ2n) is 6.30. The monoisotopic (exact) mass is 330 g/mol. The van der Waals surface area contributed by atoms with Crippen molar-refractivity contribution in [2.24, 2.45) is 11.8 Å². The van der Waals surface area contributed by atoms with E-state index in [0.29, 0.717) is 5.56 Å². The lowest BCUT2D eigenvalue weighted by atomic mass is 9.77. The van der Waals surface area contributed by atoms with Gasteiger partial charge in [0.15, 0.2) is 0 Å². The van der Waals surface area contributed by atoms with Gasteiger partial charge in [-0.1, -0.05) is 18.2 Å². The number of anilines is 1. The molecule has 1 aromatic carbocycles. The van der Waals surface area contributed by atoms with Crippen molar-refractivity contribution < 1.29 is 24.4 Å². The first kappa shape index (κ1) is 15.0. The number of benzene rings is 1. The van der Waals surface area contributed by atoms with E-state index in [1.807, 2.05) is 0 Å². The highest BCUT2D eigenvalue weighted by Crippen LogP contribution is 2.52. The molecule has 0 radical (unpaired) electrons. The van der Waals surface area contributed by atoms with Crippen LogP contribution in [0.2, 0.25) is 0 Å². The largest absolute Gasteiger partial charge is 0.393 e. The summed E-state index contributed by atoms with van der Waals surface area (Å²) in [5.41, 5.74) is -0.573. The van der Waals surface area contributed by atoms with E-state index in [1.165, 1.54) is 18.2 Å². The van der Waals surface area contributed by atoms with Crippen LogP contribution in [0.4, 0.5) is 11.4 Å². The van der Waals surface area contributed by atoms with Crippen LogP contribution in [0.25, 0.3) is 0 Å². The van der Waals surface area contributed by atoms with Gasteiger partial charge < -0.3 is 9.84 Å². The molecule has 1 N–H and O–H groups in total. The second-order valence-corrected chi connectivity index (χ2v) is 6.30. The van der Waals surface area contributed by atoms with E-state index in [0.717, 1.165) is 4.90 Å². The highest BCUT2D eigenvalue weighted by Gasteiger charge is 2.67. The lowest BCUT2D eigenvalue weighted by Crippen LogP contribution is -2.43. The number of carbonyl (C=O) groups excluding carboxylic acids is 2. The molecule has 3 aliphatic heterocycles. The number of nitrogens with zero attached hydrogens (tertiary/aromatic N) is 2. The minimum absolute atomic E-state index is 0.192. The van der Waals surface area contributed by atoms with Crippen LogP contribution in [0.3, 0.4) is 0 Å². The van der Waals surface area contributed by atoms with Crippen LogP contribution in [0.1, 0.15) is 5.56 Å². The number of aliphatic hydroxyl groups excluding tert-OH is 1. The van der Waals surface area contributed by atoms with Crippen LogP contribution in [0, 0.1) is 28.9 Å². The maximum atomic E-state index is 12.9. The SMILES string of the molecule is Cc1ccc([N+](=O)[O-])cc1N1C(=O)[C@@H]2[C@@H]3C=C[C@@](CO)(O3)[C@@H]2C1=O. The van der Waals surface area contributed by atoms with Crippen molar-refractivity contribution in [3.63, 3.8) is 0 Å². The molecule has 8 nitrogen and oxygen atoms in total. The molecule has 3 aliphatic rings. The Hall–Kier alpha value is -2.58. The van der Waals surface area contributed by atoms with Gasteiger partial charge in [-0.25, -0.2) is 4.90 Å². The molecule has 2 amide bonds. The van der Waals surface area contributed by atoms with E-state index in [4.69, 9.17) is 4.74 Å². The van der Waals surface area contributed by atoms with Crippen molar-refractivity contribution in [1.29, 1.82) is 0 Å². The quantitative estimate of drug-likeness (QED) is 0.378. The molecule has 2 fully saturated rings. The standard InChI is InChI=1S/C16H14N2O6/c1-8-2-3-9(18(22)23)6-10(8)17-14(20)12-11-4-5-16(7-19,24-11)13(12)15(17)21/h2-6,11-13,19H,7H2,1H3/t11-,12+,13-,16-/m0/s1. The topological polar surface area (TPSA) is 110 Å². The molecule has 124 valence electrons. The zero-order valence-electron chi connectivity index (χ0n) is 12.7. The van der Waals surface area contributed by atoms with Gasteiger partial charge in [0.2, 0.25) is 11.8 Å². The number of ether oxygens (including phenoxy) is 1. The van der Waals surface area contributed by atoms with Crippen molar-refractivity contribution in [3.8, 4) is 0 Å². The molecular weight excluding hydrogens is 316 g/mol. The fourth-order valence-corrected chi connectivity index (χ4v) is 3.87. The minimum atomic E-state index is -1.18. The molecule has 8 heteroatoms. The predicted molar refractivity (Wildman–Crippen MR) is 81.1 cm³/mol. The summed E-state index contributed by atoms with van der Waals surface area (Å²) in [5.74, 6) is -2.44. The Morgan fingerprint density at radius 2 is 2.12 bits per heavy atom. The van der Waals surface area contributed by atoms with E-state index in [9.17, 15) is 24.8 Å².